The van der Waals surface area contributed by atoms with E-state index in [9.17, 15) is 13.2 Å². The summed E-state index contributed by atoms with van der Waals surface area (Å²) in [6.07, 6.45) is 4.91. The molecule has 9 heteroatoms. The second-order valence-corrected chi connectivity index (χ2v) is 7.75. The van der Waals surface area contributed by atoms with E-state index in [4.69, 9.17) is 4.42 Å². The predicted molar refractivity (Wildman–Crippen MR) is 85.9 cm³/mol. The van der Waals surface area contributed by atoms with Crippen molar-refractivity contribution in [2.75, 3.05) is 6.54 Å². The number of aromatic amines is 1. The van der Waals surface area contributed by atoms with Gasteiger partial charge in [-0.25, -0.2) is 13.2 Å². The lowest BCUT2D eigenvalue weighted by Gasteiger charge is -2.23. The first-order valence-corrected chi connectivity index (χ1v) is 9.02. The Hall–Kier alpha value is -2.39. The smallest absolute Gasteiger partial charge is 0.408 e. The minimum absolute atomic E-state index is 0.125. The molecule has 1 fully saturated rings. The van der Waals surface area contributed by atoms with Gasteiger partial charge in [0.25, 0.3) is 0 Å². The molecule has 24 heavy (non-hydrogen) atoms. The first-order chi connectivity index (χ1) is 11.5. The molecule has 4 rings (SSSR count). The van der Waals surface area contributed by atoms with Crippen LogP contribution >= 0.6 is 0 Å². The van der Waals surface area contributed by atoms with Crippen molar-refractivity contribution >= 4 is 21.1 Å². The molecule has 0 saturated carbocycles. The quantitative estimate of drug-likeness (QED) is 0.770. The third-order valence-electron chi connectivity index (χ3n) is 4.48. The van der Waals surface area contributed by atoms with Crippen molar-refractivity contribution < 1.29 is 12.8 Å². The zero-order valence-electron chi connectivity index (χ0n) is 13.0. The Balaban J connectivity index is 1.78. The van der Waals surface area contributed by atoms with E-state index in [1.165, 1.54) is 21.0 Å². The maximum atomic E-state index is 13.0. The Kier molecular flexibility index (Phi) is 3.36. The number of fused-ring (bicyclic) bond motifs is 1. The number of aromatic nitrogens is 3. The number of hydrogen-bond donors (Lipinski definition) is 1. The highest BCUT2D eigenvalue weighted by Crippen LogP contribution is 2.36. The van der Waals surface area contributed by atoms with Crippen molar-refractivity contribution in [1.29, 1.82) is 0 Å². The molecule has 3 heterocycles. The van der Waals surface area contributed by atoms with Gasteiger partial charge >= 0.3 is 5.76 Å². The molecule has 1 aromatic carbocycles. The van der Waals surface area contributed by atoms with Gasteiger partial charge in [-0.1, -0.05) is 0 Å². The zero-order valence-corrected chi connectivity index (χ0v) is 13.8. The first kappa shape index (κ1) is 15.2. The van der Waals surface area contributed by atoms with Crippen LogP contribution in [0.2, 0.25) is 0 Å². The van der Waals surface area contributed by atoms with Gasteiger partial charge < -0.3 is 4.42 Å². The third-order valence-corrected chi connectivity index (χ3v) is 6.38. The fourth-order valence-electron chi connectivity index (χ4n) is 3.21. The summed E-state index contributed by atoms with van der Waals surface area (Å²) >= 11 is 0. The van der Waals surface area contributed by atoms with Crippen LogP contribution in [0.5, 0.6) is 0 Å². The molecular formula is C15H16N4O4S. The SMILES string of the molecule is Cn1c(=O)oc2cc(S(=O)(=O)N3CCC[C@@H]3c3cn[nH]c3)ccc21. The van der Waals surface area contributed by atoms with Gasteiger partial charge in [-0.3, -0.25) is 9.67 Å². The molecule has 2 aromatic heterocycles. The maximum Gasteiger partial charge on any atom is 0.419 e. The molecule has 0 bridgehead atoms. The topological polar surface area (TPSA) is 101 Å². The van der Waals surface area contributed by atoms with E-state index in [0.29, 0.717) is 12.1 Å². The van der Waals surface area contributed by atoms with Gasteiger partial charge in [0, 0.05) is 31.4 Å². The van der Waals surface area contributed by atoms with E-state index >= 15 is 0 Å². The van der Waals surface area contributed by atoms with Crippen molar-refractivity contribution in [3.63, 3.8) is 0 Å². The summed E-state index contributed by atoms with van der Waals surface area (Å²) in [5.74, 6) is -0.517. The maximum absolute atomic E-state index is 13.0. The van der Waals surface area contributed by atoms with Crippen LogP contribution in [0.25, 0.3) is 11.1 Å². The van der Waals surface area contributed by atoms with E-state index in [2.05, 4.69) is 10.2 Å². The third kappa shape index (κ3) is 2.20. The van der Waals surface area contributed by atoms with Crippen LogP contribution in [0, 0.1) is 0 Å². The molecule has 0 unspecified atom stereocenters. The van der Waals surface area contributed by atoms with Gasteiger partial charge in [0.15, 0.2) is 5.58 Å². The summed E-state index contributed by atoms with van der Waals surface area (Å²) in [5, 5.41) is 6.64. The van der Waals surface area contributed by atoms with Crippen LogP contribution in [-0.4, -0.2) is 34.0 Å². The van der Waals surface area contributed by atoms with E-state index < -0.39 is 15.8 Å². The summed E-state index contributed by atoms with van der Waals surface area (Å²) in [6, 6.07) is 4.29. The largest absolute Gasteiger partial charge is 0.419 e. The lowest BCUT2D eigenvalue weighted by molar-refractivity contribution is 0.396. The second kappa shape index (κ2) is 5.32. The van der Waals surface area contributed by atoms with Crippen LogP contribution in [0.15, 0.2) is 44.7 Å². The Morgan fingerprint density at radius 2 is 2.21 bits per heavy atom. The fraction of sp³-hybridized carbons (Fsp3) is 0.333. The standard InChI is InChI=1S/C15H16N4O4S/c1-18-13-5-4-11(7-14(13)23-15(18)20)24(21,22)19-6-2-3-12(19)10-8-16-17-9-10/h4-5,7-9,12H,2-3,6H2,1H3,(H,16,17)/t12-/m1/s1. The van der Waals surface area contributed by atoms with E-state index in [1.807, 2.05) is 0 Å². The summed E-state index contributed by atoms with van der Waals surface area (Å²) in [6.45, 7) is 0.453. The van der Waals surface area contributed by atoms with Crippen LogP contribution in [0.1, 0.15) is 24.4 Å². The number of nitrogens with one attached hydrogen (secondary N) is 1. The number of oxazole rings is 1. The van der Waals surface area contributed by atoms with Crippen molar-refractivity contribution in [3.8, 4) is 0 Å². The Morgan fingerprint density at radius 3 is 2.96 bits per heavy atom. The summed E-state index contributed by atoms with van der Waals surface area (Å²) in [5.41, 5.74) is 1.68. The van der Waals surface area contributed by atoms with Crippen molar-refractivity contribution in [1.82, 2.24) is 19.1 Å². The lowest BCUT2D eigenvalue weighted by atomic mass is 10.1. The average Bonchev–Trinajstić information content (AvgIpc) is 3.28. The monoisotopic (exact) mass is 348 g/mol. The molecule has 1 aliphatic heterocycles. The van der Waals surface area contributed by atoms with Gasteiger partial charge in [-0.15, -0.1) is 0 Å². The zero-order chi connectivity index (χ0) is 16.9. The number of sulfonamides is 1. The first-order valence-electron chi connectivity index (χ1n) is 7.58. The minimum atomic E-state index is -3.69. The van der Waals surface area contributed by atoms with Gasteiger partial charge in [0.2, 0.25) is 10.0 Å². The number of hydrogen-bond acceptors (Lipinski definition) is 5. The Morgan fingerprint density at radius 1 is 1.38 bits per heavy atom. The summed E-state index contributed by atoms with van der Waals surface area (Å²) in [7, 11) is -2.11. The molecule has 0 aliphatic carbocycles. The lowest BCUT2D eigenvalue weighted by Crippen LogP contribution is -2.30. The molecule has 1 aliphatic rings. The molecule has 1 N–H and O–H groups in total. The Bertz CT molecular complexity index is 1050. The molecule has 1 saturated heterocycles. The van der Waals surface area contributed by atoms with Crippen molar-refractivity contribution in [2.24, 2.45) is 7.05 Å². The Labute approximate surface area is 137 Å². The van der Waals surface area contributed by atoms with Gasteiger partial charge in [-0.05, 0) is 25.0 Å². The highest BCUT2D eigenvalue weighted by Gasteiger charge is 2.36. The average molecular weight is 348 g/mol. The van der Waals surface area contributed by atoms with Crippen LogP contribution < -0.4 is 5.76 Å². The number of aryl methyl sites for hydroxylation is 1. The molecule has 8 nitrogen and oxygen atoms in total. The predicted octanol–water partition coefficient (Wildman–Crippen LogP) is 1.38. The number of H-pyrrole nitrogens is 1. The van der Waals surface area contributed by atoms with E-state index in [-0.39, 0.29) is 16.5 Å². The molecular weight excluding hydrogens is 332 g/mol. The molecule has 0 radical (unpaired) electrons. The van der Waals surface area contributed by atoms with E-state index in [1.54, 1.807) is 25.5 Å². The highest BCUT2D eigenvalue weighted by molar-refractivity contribution is 7.89. The van der Waals surface area contributed by atoms with Crippen LogP contribution in [0.4, 0.5) is 0 Å². The second-order valence-electron chi connectivity index (χ2n) is 5.86. The van der Waals surface area contributed by atoms with Crippen LogP contribution in [0.3, 0.4) is 0 Å². The molecule has 3 aromatic rings. The molecule has 1 atom stereocenters. The normalized spacial score (nSPS) is 19.3. The van der Waals surface area contributed by atoms with Gasteiger partial charge in [0.1, 0.15) is 0 Å². The number of nitrogens with zero attached hydrogens (tertiary/aromatic N) is 3. The van der Waals surface area contributed by atoms with Crippen molar-refractivity contribution in [3.05, 3.63) is 46.7 Å². The van der Waals surface area contributed by atoms with Gasteiger partial charge in [0.05, 0.1) is 22.7 Å². The summed E-state index contributed by atoms with van der Waals surface area (Å²) in [4.78, 5) is 11.7. The molecule has 0 amide bonds. The summed E-state index contributed by atoms with van der Waals surface area (Å²) < 4.78 is 34.0. The molecule has 126 valence electrons. The fourth-order valence-corrected chi connectivity index (χ4v) is 4.91. The number of benzene rings is 1. The highest BCUT2D eigenvalue weighted by atomic mass is 32.2. The van der Waals surface area contributed by atoms with E-state index in [0.717, 1.165) is 18.4 Å². The molecule has 0 spiro atoms. The number of rotatable bonds is 3. The van der Waals surface area contributed by atoms with Crippen LogP contribution in [-0.2, 0) is 17.1 Å². The minimum Gasteiger partial charge on any atom is -0.408 e. The van der Waals surface area contributed by atoms with Gasteiger partial charge in [-0.2, -0.15) is 9.40 Å². The van der Waals surface area contributed by atoms with Crippen molar-refractivity contribution in [2.45, 2.75) is 23.8 Å².